The lowest BCUT2D eigenvalue weighted by Gasteiger charge is -2.08. The van der Waals surface area contributed by atoms with Gasteiger partial charge in [0.2, 0.25) is 0 Å². The Morgan fingerprint density at radius 1 is 0.960 bits per heavy atom. The van der Waals surface area contributed by atoms with Crippen LogP contribution in [0.1, 0.15) is 19.8 Å². The van der Waals surface area contributed by atoms with Crippen molar-refractivity contribution in [2.24, 2.45) is 0 Å². The summed E-state index contributed by atoms with van der Waals surface area (Å²) in [4.78, 5) is 28.4. The Bertz CT molecular complexity index is 1170. The Kier molecular flexibility index (Phi) is 3.76. The molecule has 0 aliphatic rings. The molecule has 0 atom stereocenters. The summed E-state index contributed by atoms with van der Waals surface area (Å²) in [6, 6.07) is 17.4. The molecule has 1 N–H and O–H groups in total. The van der Waals surface area contributed by atoms with Gasteiger partial charge in [0.1, 0.15) is 0 Å². The Balaban J connectivity index is 2.22. The van der Waals surface area contributed by atoms with Crippen molar-refractivity contribution >= 4 is 16.4 Å². The number of aromatic amines is 1. The van der Waals surface area contributed by atoms with Crippen LogP contribution in [0.25, 0.3) is 27.7 Å². The van der Waals surface area contributed by atoms with E-state index in [-0.39, 0.29) is 5.69 Å². The van der Waals surface area contributed by atoms with Crippen LogP contribution >= 0.6 is 0 Å². The van der Waals surface area contributed by atoms with E-state index in [0.29, 0.717) is 12.1 Å². The normalized spacial score (nSPS) is 11.4. The molecule has 0 saturated carbocycles. The molecule has 0 radical (unpaired) electrons. The number of H-pyrrole nitrogens is 1. The van der Waals surface area contributed by atoms with E-state index in [1.165, 1.54) is 4.40 Å². The highest BCUT2D eigenvalue weighted by atomic mass is 16.2. The number of rotatable bonds is 4. The zero-order valence-corrected chi connectivity index (χ0v) is 14.0. The molecule has 0 spiro atoms. The number of nitrogens with zero attached hydrogens (tertiary/aromatic N) is 2. The van der Waals surface area contributed by atoms with Crippen LogP contribution in [0, 0.1) is 0 Å². The van der Waals surface area contributed by atoms with Crippen molar-refractivity contribution < 1.29 is 0 Å². The summed E-state index contributed by atoms with van der Waals surface area (Å²) in [5.74, 6) is 0. The Labute approximate surface area is 144 Å². The maximum absolute atomic E-state index is 13.0. The molecular weight excluding hydrogens is 314 g/mol. The largest absolute Gasteiger partial charge is 0.337 e. The van der Waals surface area contributed by atoms with Crippen molar-refractivity contribution in [2.75, 3.05) is 0 Å². The number of fused-ring (bicyclic) bond motifs is 3. The highest BCUT2D eigenvalue weighted by Crippen LogP contribution is 2.28. The van der Waals surface area contributed by atoms with Crippen LogP contribution in [0.4, 0.5) is 0 Å². The first-order valence-corrected chi connectivity index (χ1v) is 8.54. The third-order valence-electron chi connectivity index (χ3n) is 4.55. The van der Waals surface area contributed by atoms with Crippen molar-refractivity contribution in [1.82, 2.24) is 14.0 Å². The molecule has 0 aliphatic carbocycles. The molecule has 4 aromatic rings. The van der Waals surface area contributed by atoms with Gasteiger partial charge < -0.3 is 4.98 Å². The monoisotopic (exact) mass is 333 g/mol. The maximum Gasteiger partial charge on any atom is 0.337 e. The van der Waals surface area contributed by atoms with Gasteiger partial charge in [0.25, 0.3) is 0 Å². The quantitative estimate of drug-likeness (QED) is 0.622. The molecule has 2 aromatic carbocycles. The summed E-state index contributed by atoms with van der Waals surface area (Å²) in [6.07, 6.45) is 1.86. The van der Waals surface area contributed by atoms with Gasteiger partial charge in [0.15, 0.2) is 0 Å². The summed E-state index contributed by atoms with van der Waals surface area (Å²) < 4.78 is 3.00. The second kappa shape index (κ2) is 6.09. The van der Waals surface area contributed by atoms with Gasteiger partial charge in [0, 0.05) is 17.5 Å². The third kappa shape index (κ3) is 2.39. The molecule has 2 aromatic heterocycles. The SMILES string of the molecule is CCCCn1c(-c2ccccc2)c2c3ccccc3[nH]c(=O)n2c1=O. The standard InChI is InChI=1S/C20H19N3O2/c1-2-3-13-22-17(14-9-5-4-6-10-14)18-15-11-7-8-12-16(15)21-19(24)23(18)20(22)25/h4-12H,2-3,13H2,1H3,(H,21,24). The van der Waals surface area contributed by atoms with Crippen molar-refractivity contribution in [3.05, 3.63) is 75.6 Å². The fraction of sp³-hybridized carbons (Fsp3) is 0.200. The molecule has 5 nitrogen and oxygen atoms in total. The molecule has 0 bridgehead atoms. The third-order valence-corrected chi connectivity index (χ3v) is 4.55. The van der Waals surface area contributed by atoms with E-state index < -0.39 is 5.69 Å². The number of para-hydroxylation sites is 1. The number of hydrogen-bond acceptors (Lipinski definition) is 2. The molecule has 0 aliphatic heterocycles. The number of benzene rings is 2. The van der Waals surface area contributed by atoms with Gasteiger partial charge in [-0.15, -0.1) is 0 Å². The van der Waals surface area contributed by atoms with Gasteiger partial charge in [-0.2, -0.15) is 0 Å². The first kappa shape index (κ1) is 15.4. The van der Waals surface area contributed by atoms with Crippen LogP contribution in [-0.4, -0.2) is 14.0 Å². The maximum atomic E-state index is 13.0. The number of nitrogens with one attached hydrogen (secondary N) is 1. The topological polar surface area (TPSA) is 59.3 Å². The zero-order valence-electron chi connectivity index (χ0n) is 14.0. The molecule has 2 heterocycles. The van der Waals surface area contributed by atoms with E-state index in [9.17, 15) is 9.59 Å². The minimum absolute atomic E-state index is 0.283. The molecule has 0 saturated heterocycles. The fourth-order valence-electron chi connectivity index (χ4n) is 3.36. The number of imidazole rings is 1. The highest BCUT2D eigenvalue weighted by Gasteiger charge is 2.20. The predicted molar refractivity (Wildman–Crippen MR) is 100 cm³/mol. The highest BCUT2D eigenvalue weighted by molar-refractivity contribution is 6.00. The van der Waals surface area contributed by atoms with Gasteiger partial charge in [-0.05, 0) is 12.5 Å². The lowest BCUT2D eigenvalue weighted by atomic mass is 10.1. The summed E-state index contributed by atoms with van der Waals surface area (Å²) in [6.45, 7) is 2.68. The first-order valence-electron chi connectivity index (χ1n) is 8.54. The summed E-state index contributed by atoms with van der Waals surface area (Å²) in [5.41, 5.74) is 2.47. The van der Waals surface area contributed by atoms with Crippen molar-refractivity contribution in [3.63, 3.8) is 0 Å². The Morgan fingerprint density at radius 2 is 1.68 bits per heavy atom. The van der Waals surface area contributed by atoms with E-state index >= 15 is 0 Å². The minimum atomic E-state index is -0.397. The van der Waals surface area contributed by atoms with Gasteiger partial charge in [-0.1, -0.05) is 61.9 Å². The lowest BCUT2D eigenvalue weighted by Crippen LogP contribution is -2.30. The van der Waals surface area contributed by atoms with Crippen molar-refractivity contribution in [1.29, 1.82) is 0 Å². The molecule has 25 heavy (non-hydrogen) atoms. The summed E-state index contributed by atoms with van der Waals surface area (Å²) >= 11 is 0. The van der Waals surface area contributed by atoms with Crippen LogP contribution in [-0.2, 0) is 6.54 Å². The van der Waals surface area contributed by atoms with Crippen LogP contribution < -0.4 is 11.4 Å². The van der Waals surface area contributed by atoms with Crippen LogP contribution in [0.15, 0.2) is 64.2 Å². The van der Waals surface area contributed by atoms with Crippen LogP contribution in [0.5, 0.6) is 0 Å². The summed E-state index contributed by atoms with van der Waals surface area (Å²) in [7, 11) is 0. The Morgan fingerprint density at radius 3 is 2.44 bits per heavy atom. The van der Waals surface area contributed by atoms with E-state index in [1.807, 2.05) is 54.6 Å². The molecule has 0 amide bonds. The second-order valence-corrected chi connectivity index (χ2v) is 6.16. The average Bonchev–Trinajstić information content (AvgIpc) is 2.94. The van der Waals surface area contributed by atoms with E-state index in [1.54, 1.807) is 4.57 Å². The summed E-state index contributed by atoms with van der Waals surface area (Å²) in [5, 5.41) is 0.869. The molecule has 4 rings (SSSR count). The molecule has 0 fully saturated rings. The number of hydrogen-bond donors (Lipinski definition) is 1. The second-order valence-electron chi connectivity index (χ2n) is 6.16. The van der Waals surface area contributed by atoms with E-state index in [0.717, 1.165) is 35.0 Å². The number of aromatic nitrogens is 3. The van der Waals surface area contributed by atoms with Crippen molar-refractivity contribution in [3.8, 4) is 11.3 Å². The van der Waals surface area contributed by atoms with Gasteiger partial charge >= 0.3 is 11.4 Å². The van der Waals surface area contributed by atoms with Crippen LogP contribution in [0.3, 0.4) is 0 Å². The average molecular weight is 333 g/mol. The minimum Gasteiger partial charge on any atom is -0.306 e. The fourth-order valence-corrected chi connectivity index (χ4v) is 3.36. The molecular formula is C20H19N3O2. The first-order chi connectivity index (χ1) is 12.2. The smallest absolute Gasteiger partial charge is 0.306 e. The molecule has 5 heteroatoms. The van der Waals surface area contributed by atoms with Gasteiger partial charge in [-0.3, -0.25) is 4.57 Å². The number of unbranched alkanes of at least 4 members (excludes halogenated alkanes) is 1. The van der Waals surface area contributed by atoms with E-state index in [4.69, 9.17) is 0 Å². The lowest BCUT2D eigenvalue weighted by molar-refractivity contribution is 0.613. The van der Waals surface area contributed by atoms with Crippen molar-refractivity contribution in [2.45, 2.75) is 26.3 Å². The zero-order chi connectivity index (χ0) is 17.4. The molecule has 126 valence electrons. The molecule has 0 unspecified atom stereocenters. The van der Waals surface area contributed by atoms with E-state index in [2.05, 4.69) is 11.9 Å². The predicted octanol–water partition coefficient (Wildman–Crippen LogP) is 3.41. The van der Waals surface area contributed by atoms with Gasteiger partial charge in [-0.25, -0.2) is 14.0 Å². The Hall–Kier alpha value is -3.08. The van der Waals surface area contributed by atoms with Gasteiger partial charge in [0.05, 0.1) is 16.7 Å². The van der Waals surface area contributed by atoms with Crippen LogP contribution in [0.2, 0.25) is 0 Å².